The molecule has 0 bridgehead atoms. The summed E-state index contributed by atoms with van der Waals surface area (Å²) in [4.78, 5) is 22.3. The molecule has 0 unspecified atom stereocenters. The van der Waals surface area contributed by atoms with E-state index in [0.29, 0.717) is 18.2 Å². The Hall–Kier alpha value is -2.77. The van der Waals surface area contributed by atoms with E-state index >= 15 is 0 Å². The standard InChI is InChI=1S/C11H12N6O2/c1-7-13-3-2-8(15-7)6-14-11-5-9(17(18)19)4-10(12)16-11/h2-5H,6H2,1H3,(H3,12,14,16). The number of aryl methyl sites for hydroxylation is 1. The lowest BCUT2D eigenvalue weighted by atomic mass is 10.3. The van der Waals surface area contributed by atoms with Crippen molar-refractivity contribution in [3.05, 3.63) is 46.0 Å². The number of anilines is 2. The number of nitrogen functional groups attached to an aromatic ring is 1. The molecule has 19 heavy (non-hydrogen) atoms. The molecular formula is C11H12N6O2. The summed E-state index contributed by atoms with van der Waals surface area (Å²) in [5.41, 5.74) is 6.17. The topological polar surface area (TPSA) is 120 Å². The molecular weight excluding hydrogens is 248 g/mol. The number of aromatic nitrogens is 3. The lowest BCUT2D eigenvalue weighted by molar-refractivity contribution is -0.384. The van der Waals surface area contributed by atoms with E-state index < -0.39 is 4.92 Å². The Kier molecular flexibility index (Phi) is 3.51. The summed E-state index contributed by atoms with van der Waals surface area (Å²) in [6.07, 6.45) is 1.65. The highest BCUT2D eigenvalue weighted by Crippen LogP contribution is 2.18. The predicted molar refractivity (Wildman–Crippen MR) is 69.4 cm³/mol. The van der Waals surface area contributed by atoms with Crippen LogP contribution in [0.2, 0.25) is 0 Å². The summed E-state index contributed by atoms with van der Waals surface area (Å²) in [6.45, 7) is 2.17. The first kappa shape index (κ1) is 12.7. The molecule has 2 aromatic heterocycles. The van der Waals surface area contributed by atoms with Crippen LogP contribution in [0.4, 0.5) is 17.3 Å². The third kappa shape index (κ3) is 3.35. The number of hydrogen-bond acceptors (Lipinski definition) is 7. The first-order valence-corrected chi connectivity index (χ1v) is 5.49. The lowest BCUT2D eigenvalue weighted by Gasteiger charge is -2.06. The van der Waals surface area contributed by atoms with Crippen molar-refractivity contribution in [2.45, 2.75) is 13.5 Å². The molecule has 2 aromatic rings. The van der Waals surface area contributed by atoms with Gasteiger partial charge in [0, 0.05) is 6.20 Å². The van der Waals surface area contributed by atoms with Gasteiger partial charge in [-0.2, -0.15) is 0 Å². The molecule has 0 spiro atoms. The van der Waals surface area contributed by atoms with Crippen molar-refractivity contribution in [1.29, 1.82) is 0 Å². The molecule has 0 radical (unpaired) electrons. The third-order valence-corrected chi connectivity index (χ3v) is 2.33. The Morgan fingerprint density at radius 3 is 2.89 bits per heavy atom. The van der Waals surface area contributed by atoms with E-state index in [1.807, 2.05) is 0 Å². The summed E-state index contributed by atoms with van der Waals surface area (Å²) < 4.78 is 0. The van der Waals surface area contributed by atoms with Crippen LogP contribution in [0.1, 0.15) is 11.5 Å². The van der Waals surface area contributed by atoms with Crippen LogP contribution in [0.5, 0.6) is 0 Å². The van der Waals surface area contributed by atoms with Gasteiger partial charge in [-0.15, -0.1) is 0 Å². The minimum absolute atomic E-state index is 0.0931. The summed E-state index contributed by atoms with van der Waals surface area (Å²) in [5, 5.41) is 13.6. The van der Waals surface area contributed by atoms with Crippen LogP contribution in [0.15, 0.2) is 24.4 Å². The number of rotatable bonds is 4. The van der Waals surface area contributed by atoms with Crippen LogP contribution >= 0.6 is 0 Å². The fourth-order valence-electron chi connectivity index (χ4n) is 1.52. The molecule has 8 nitrogen and oxygen atoms in total. The number of hydrogen-bond donors (Lipinski definition) is 2. The number of nitro groups is 1. The van der Waals surface area contributed by atoms with E-state index in [4.69, 9.17) is 5.73 Å². The van der Waals surface area contributed by atoms with Gasteiger partial charge in [0.15, 0.2) is 0 Å². The van der Waals surface area contributed by atoms with Gasteiger partial charge in [0.05, 0.1) is 29.3 Å². The van der Waals surface area contributed by atoms with Crippen molar-refractivity contribution in [3.63, 3.8) is 0 Å². The van der Waals surface area contributed by atoms with Crippen LogP contribution in [0, 0.1) is 17.0 Å². The average molecular weight is 260 g/mol. The van der Waals surface area contributed by atoms with Crippen LogP contribution in [-0.2, 0) is 6.54 Å². The molecule has 0 saturated carbocycles. The highest BCUT2D eigenvalue weighted by atomic mass is 16.6. The van der Waals surface area contributed by atoms with E-state index in [2.05, 4.69) is 20.3 Å². The second kappa shape index (κ2) is 5.25. The quantitative estimate of drug-likeness (QED) is 0.627. The second-order valence-corrected chi connectivity index (χ2v) is 3.84. The van der Waals surface area contributed by atoms with Crippen molar-refractivity contribution in [1.82, 2.24) is 15.0 Å². The Balaban J connectivity index is 2.13. The molecule has 3 N–H and O–H groups in total. The zero-order chi connectivity index (χ0) is 13.8. The highest BCUT2D eigenvalue weighted by molar-refractivity contribution is 5.52. The number of nitrogens with two attached hydrogens (primary N) is 1. The summed E-state index contributed by atoms with van der Waals surface area (Å²) in [5.74, 6) is 1.09. The van der Waals surface area contributed by atoms with E-state index in [0.717, 1.165) is 5.69 Å². The van der Waals surface area contributed by atoms with E-state index in [-0.39, 0.29) is 11.5 Å². The fraction of sp³-hybridized carbons (Fsp3) is 0.182. The molecule has 2 rings (SSSR count). The minimum Gasteiger partial charge on any atom is -0.383 e. The molecule has 0 aliphatic heterocycles. The van der Waals surface area contributed by atoms with Crippen LogP contribution < -0.4 is 11.1 Å². The first-order chi connectivity index (χ1) is 9.04. The fourth-order valence-corrected chi connectivity index (χ4v) is 1.52. The highest BCUT2D eigenvalue weighted by Gasteiger charge is 2.09. The van der Waals surface area contributed by atoms with Crippen molar-refractivity contribution >= 4 is 17.3 Å². The van der Waals surface area contributed by atoms with Gasteiger partial charge in [-0.05, 0) is 13.0 Å². The van der Waals surface area contributed by atoms with Gasteiger partial charge in [-0.3, -0.25) is 10.1 Å². The Morgan fingerprint density at radius 1 is 1.42 bits per heavy atom. The van der Waals surface area contributed by atoms with Gasteiger partial charge < -0.3 is 11.1 Å². The molecule has 0 fully saturated rings. The van der Waals surface area contributed by atoms with Gasteiger partial charge in [-0.25, -0.2) is 15.0 Å². The molecule has 98 valence electrons. The molecule has 0 atom stereocenters. The SMILES string of the molecule is Cc1nccc(CNc2cc([N+](=O)[O-])cc(N)n2)n1. The Labute approximate surface area is 108 Å². The first-order valence-electron chi connectivity index (χ1n) is 5.49. The van der Waals surface area contributed by atoms with Crippen LogP contribution in [0.3, 0.4) is 0 Å². The molecule has 0 aliphatic rings. The zero-order valence-corrected chi connectivity index (χ0v) is 10.2. The van der Waals surface area contributed by atoms with Gasteiger partial charge in [0.2, 0.25) is 0 Å². The second-order valence-electron chi connectivity index (χ2n) is 3.84. The maximum Gasteiger partial charge on any atom is 0.276 e. The van der Waals surface area contributed by atoms with E-state index in [1.165, 1.54) is 12.1 Å². The molecule has 0 amide bonds. The average Bonchev–Trinajstić information content (AvgIpc) is 2.36. The van der Waals surface area contributed by atoms with Gasteiger partial charge in [0.25, 0.3) is 5.69 Å². The Bertz CT molecular complexity index is 616. The monoisotopic (exact) mass is 260 g/mol. The zero-order valence-electron chi connectivity index (χ0n) is 10.2. The molecule has 0 aliphatic carbocycles. The van der Waals surface area contributed by atoms with Crippen molar-refractivity contribution in [3.8, 4) is 0 Å². The maximum absolute atomic E-state index is 10.7. The Morgan fingerprint density at radius 2 is 2.21 bits per heavy atom. The number of nitrogens with one attached hydrogen (secondary N) is 1. The summed E-state index contributed by atoms with van der Waals surface area (Å²) >= 11 is 0. The smallest absolute Gasteiger partial charge is 0.276 e. The minimum atomic E-state index is -0.516. The molecule has 2 heterocycles. The lowest BCUT2D eigenvalue weighted by Crippen LogP contribution is -2.06. The maximum atomic E-state index is 10.7. The van der Waals surface area contributed by atoms with Crippen LogP contribution in [0.25, 0.3) is 0 Å². The summed E-state index contributed by atoms with van der Waals surface area (Å²) in [6, 6.07) is 4.28. The van der Waals surface area contributed by atoms with Crippen molar-refractivity contribution in [2.24, 2.45) is 0 Å². The van der Waals surface area contributed by atoms with E-state index in [9.17, 15) is 10.1 Å². The van der Waals surface area contributed by atoms with Gasteiger partial charge in [-0.1, -0.05) is 0 Å². The van der Waals surface area contributed by atoms with Crippen molar-refractivity contribution < 1.29 is 4.92 Å². The predicted octanol–water partition coefficient (Wildman–Crippen LogP) is 1.28. The molecule has 8 heteroatoms. The van der Waals surface area contributed by atoms with Crippen molar-refractivity contribution in [2.75, 3.05) is 11.1 Å². The molecule has 0 saturated heterocycles. The largest absolute Gasteiger partial charge is 0.383 e. The van der Waals surface area contributed by atoms with E-state index in [1.54, 1.807) is 19.2 Å². The van der Waals surface area contributed by atoms with Gasteiger partial charge in [0.1, 0.15) is 17.5 Å². The normalized spacial score (nSPS) is 10.2. The third-order valence-electron chi connectivity index (χ3n) is 2.33. The number of nitrogens with zero attached hydrogens (tertiary/aromatic N) is 4. The molecule has 0 aromatic carbocycles. The number of pyridine rings is 1. The van der Waals surface area contributed by atoms with Gasteiger partial charge >= 0.3 is 0 Å². The van der Waals surface area contributed by atoms with Crippen LogP contribution in [-0.4, -0.2) is 19.9 Å². The summed E-state index contributed by atoms with van der Waals surface area (Å²) in [7, 11) is 0.